The lowest BCUT2D eigenvalue weighted by Crippen LogP contribution is -2.06. The van der Waals surface area contributed by atoms with Crippen LogP contribution in [0.1, 0.15) is 25.0 Å². The van der Waals surface area contributed by atoms with Gasteiger partial charge in [-0.2, -0.15) is 0 Å². The smallest absolute Gasteiger partial charge is 0.270 e. The highest BCUT2D eigenvalue weighted by molar-refractivity contribution is 5.44. The monoisotopic (exact) mass is 291 g/mol. The number of nitrogens with zero attached hydrogens (tertiary/aromatic N) is 3. The molecule has 0 amide bonds. The third kappa shape index (κ3) is 4.03. The minimum Gasteiger partial charge on any atom is -0.493 e. The molecule has 112 valence electrons. The topological polar surface area (TPSA) is 90.4 Å². The Bertz CT molecular complexity index is 596. The van der Waals surface area contributed by atoms with Gasteiger partial charge < -0.3 is 14.4 Å². The van der Waals surface area contributed by atoms with E-state index in [1.165, 1.54) is 18.2 Å². The van der Waals surface area contributed by atoms with Crippen molar-refractivity contribution in [1.82, 2.24) is 9.55 Å². The van der Waals surface area contributed by atoms with E-state index in [-0.39, 0.29) is 5.69 Å². The lowest BCUT2D eigenvalue weighted by Gasteiger charge is -2.13. The molecule has 0 radical (unpaired) electrons. The summed E-state index contributed by atoms with van der Waals surface area (Å²) in [6.07, 6.45) is 5.25. The second-order valence-electron chi connectivity index (χ2n) is 4.66. The predicted octanol–water partition coefficient (Wildman–Crippen LogP) is 2.31. The third-order valence-corrected chi connectivity index (χ3v) is 3.03. The fourth-order valence-corrected chi connectivity index (χ4v) is 1.96. The third-order valence-electron chi connectivity index (χ3n) is 3.03. The van der Waals surface area contributed by atoms with Gasteiger partial charge in [-0.05, 0) is 19.4 Å². The van der Waals surface area contributed by atoms with Crippen molar-refractivity contribution in [3.05, 3.63) is 52.6 Å². The summed E-state index contributed by atoms with van der Waals surface area (Å²) >= 11 is 0. The Morgan fingerprint density at radius 1 is 1.52 bits per heavy atom. The number of aliphatic hydroxyl groups is 1. The van der Waals surface area contributed by atoms with E-state index in [4.69, 9.17) is 4.74 Å². The van der Waals surface area contributed by atoms with E-state index in [2.05, 4.69) is 4.98 Å². The molecule has 1 aromatic carbocycles. The van der Waals surface area contributed by atoms with Crippen molar-refractivity contribution in [3.8, 4) is 5.75 Å². The van der Waals surface area contributed by atoms with Crippen LogP contribution < -0.4 is 4.74 Å². The number of non-ortho nitro benzene ring substituents is 1. The molecule has 21 heavy (non-hydrogen) atoms. The average molecular weight is 291 g/mol. The summed E-state index contributed by atoms with van der Waals surface area (Å²) in [6, 6.07) is 4.24. The van der Waals surface area contributed by atoms with Crippen LogP contribution in [0, 0.1) is 10.1 Å². The van der Waals surface area contributed by atoms with Crippen molar-refractivity contribution in [1.29, 1.82) is 0 Å². The number of benzene rings is 1. The molecule has 2 aromatic rings. The fourth-order valence-electron chi connectivity index (χ4n) is 1.96. The zero-order valence-electron chi connectivity index (χ0n) is 11.7. The van der Waals surface area contributed by atoms with Gasteiger partial charge in [-0.25, -0.2) is 4.98 Å². The molecule has 0 aliphatic heterocycles. The van der Waals surface area contributed by atoms with E-state index in [1.807, 2.05) is 10.8 Å². The standard InChI is InChI=1S/C14H17N3O4/c1-11(18)13-9-12(17(19)20)3-4-14(13)21-8-2-6-16-7-5-15-10-16/h3-5,7,9-11,18H,2,6,8H2,1H3/t11-/m0/s1. The van der Waals surface area contributed by atoms with Crippen molar-refractivity contribution in [2.75, 3.05) is 6.61 Å². The highest BCUT2D eigenvalue weighted by Gasteiger charge is 2.15. The zero-order valence-corrected chi connectivity index (χ0v) is 11.7. The quantitative estimate of drug-likeness (QED) is 0.480. The molecule has 0 aliphatic carbocycles. The summed E-state index contributed by atoms with van der Waals surface area (Å²) in [5.74, 6) is 0.473. The Kier molecular flexibility index (Phi) is 4.89. The molecule has 0 saturated heterocycles. The highest BCUT2D eigenvalue weighted by atomic mass is 16.6. The molecule has 7 heteroatoms. The molecule has 0 unspecified atom stereocenters. The Morgan fingerprint density at radius 3 is 2.95 bits per heavy atom. The van der Waals surface area contributed by atoms with Crippen LogP contribution in [0.15, 0.2) is 36.9 Å². The first-order valence-corrected chi connectivity index (χ1v) is 6.63. The molecular formula is C14H17N3O4. The second-order valence-corrected chi connectivity index (χ2v) is 4.66. The minimum atomic E-state index is -0.825. The number of rotatable bonds is 7. The number of hydrogen-bond acceptors (Lipinski definition) is 5. The van der Waals surface area contributed by atoms with Crippen LogP contribution >= 0.6 is 0 Å². The van der Waals surface area contributed by atoms with Crippen LogP contribution in [0.25, 0.3) is 0 Å². The molecule has 2 rings (SSSR count). The fraction of sp³-hybridized carbons (Fsp3) is 0.357. The molecule has 0 spiro atoms. The van der Waals surface area contributed by atoms with Crippen LogP contribution in [0.3, 0.4) is 0 Å². The second kappa shape index (κ2) is 6.85. The lowest BCUT2D eigenvalue weighted by atomic mass is 10.1. The maximum absolute atomic E-state index is 10.8. The average Bonchev–Trinajstić information content (AvgIpc) is 2.96. The van der Waals surface area contributed by atoms with Crippen molar-refractivity contribution < 1.29 is 14.8 Å². The Hall–Kier alpha value is -2.41. The first kappa shape index (κ1) is 15.0. The number of aryl methyl sites for hydroxylation is 1. The van der Waals surface area contributed by atoms with E-state index in [0.717, 1.165) is 13.0 Å². The highest BCUT2D eigenvalue weighted by Crippen LogP contribution is 2.29. The van der Waals surface area contributed by atoms with Gasteiger partial charge in [0.05, 0.1) is 24.0 Å². The first-order valence-electron chi connectivity index (χ1n) is 6.63. The van der Waals surface area contributed by atoms with Crippen molar-refractivity contribution in [2.24, 2.45) is 0 Å². The number of aromatic nitrogens is 2. The molecule has 1 heterocycles. The normalized spacial score (nSPS) is 12.1. The van der Waals surface area contributed by atoms with Gasteiger partial charge in [0.2, 0.25) is 0 Å². The van der Waals surface area contributed by atoms with Gasteiger partial charge in [0, 0.05) is 36.6 Å². The number of aliphatic hydroxyl groups excluding tert-OH is 1. The van der Waals surface area contributed by atoms with Crippen molar-refractivity contribution >= 4 is 5.69 Å². The number of hydrogen-bond donors (Lipinski definition) is 1. The summed E-state index contributed by atoms with van der Waals surface area (Å²) in [5, 5.41) is 20.5. The van der Waals surface area contributed by atoms with E-state index in [9.17, 15) is 15.2 Å². The Labute approximate surface area is 122 Å². The number of nitro benzene ring substituents is 1. The summed E-state index contributed by atoms with van der Waals surface area (Å²) in [5.41, 5.74) is 0.364. The van der Waals surface area contributed by atoms with Gasteiger partial charge in [-0.1, -0.05) is 0 Å². The van der Waals surface area contributed by atoms with Gasteiger partial charge in [-0.3, -0.25) is 10.1 Å². The number of imidazole rings is 1. The van der Waals surface area contributed by atoms with Crippen LogP contribution in [0.2, 0.25) is 0 Å². The van der Waals surface area contributed by atoms with Gasteiger partial charge in [0.25, 0.3) is 5.69 Å². The summed E-state index contributed by atoms with van der Waals surface area (Å²) in [4.78, 5) is 14.2. The molecular weight excluding hydrogens is 274 g/mol. The molecule has 0 saturated carbocycles. The summed E-state index contributed by atoms with van der Waals surface area (Å²) in [7, 11) is 0. The van der Waals surface area contributed by atoms with Gasteiger partial charge in [0.15, 0.2) is 0 Å². The van der Waals surface area contributed by atoms with E-state index >= 15 is 0 Å². The molecule has 0 fully saturated rings. The Morgan fingerprint density at radius 2 is 2.33 bits per heavy atom. The minimum absolute atomic E-state index is 0.0586. The van der Waals surface area contributed by atoms with Crippen LogP contribution in [0.4, 0.5) is 5.69 Å². The van der Waals surface area contributed by atoms with Crippen LogP contribution in [-0.4, -0.2) is 26.2 Å². The molecule has 0 bridgehead atoms. The number of ether oxygens (including phenoxy) is 1. The van der Waals surface area contributed by atoms with Crippen molar-refractivity contribution in [3.63, 3.8) is 0 Å². The maximum Gasteiger partial charge on any atom is 0.270 e. The van der Waals surface area contributed by atoms with Gasteiger partial charge >= 0.3 is 0 Å². The predicted molar refractivity (Wildman–Crippen MR) is 76.1 cm³/mol. The Balaban J connectivity index is 1.97. The molecule has 1 aromatic heterocycles. The lowest BCUT2D eigenvalue weighted by molar-refractivity contribution is -0.385. The molecule has 1 atom stereocenters. The number of nitro groups is 1. The SMILES string of the molecule is C[C@H](O)c1cc([N+](=O)[O-])ccc1OCCCn1ccnc1. The summed E-state index contributed by atoms with van der Waals surface area (Å²) < 4.78 is 7.55. The maximum atomic E-state index is 10.8. The van der Waals surface area contributed by atoms with E-state index in [0.29, 0.717) is 17.9 Å². The van der Waals surface area contributed by atoms with Crippen LogP contribution in [0.5, 0.6) is 5.75 Å². The van der Waals surface area contributed by atoms with Gasteiger partial charge in [0.1, 0.15) is 5.75 Å². The van der Waals surface area contributed by atoms with Crippen LogP contribution in [-0.2, 0) is 6.54 Å². The first-order chi connectivity index (χ1) is 10.1. The molecule has 7 nitrogen and oxygen atoms in total. The largest absolute Gasteiger partial charge is 0.493 e. The molecule has 1 N–H and O–H groups in total. The van der Waals surface area contributed by atoms with E-state index in [1.54, 1.807) is 19.4 Å². The van der Waals surface area contributed by atoms with E-state index < -0.39 is 11.0 Å². The van der Waals surface area contributed by atoms with Gasteiger partial charge in [-0.15, -0.1) is 0 Å². The summed E-state index contributed by atoms with van der Waals surface area (Å²) in [6.45, 7) is 2.78. The molecule has 0 aliphatic rings. The zero-order chi connectivity index (χ0) is 15.2. The van der Waals surface area contributed by atoms with Crippen molar-refractivity contribution in [2.45, 2.75) is 26.0 Å².